The van der Waals surface area contributed by atoms with Gasteiger partial charge in [-0.25, -0.2) is 0 Å². The molecule has 128 valence electrons. The van der Waals surface area contributed by atoms with Gasteiger partial charge in [-0.05, 0) is 48.0 Å². The van der Waals surface area contributed by atoms with Crippen LogP contribution in [0.3, 0.4) is 0 Å². The molecule has 6 nitrogen and oxygen atoms in total. The fourth-order valence-corrected chi connectivity index (χ4v) is 3.37. The Balaban J connectivity index is 1.72. The topological polar surface area (TPSA) is 89.5 Å². The van der Waals surface area contributed by atoms with Crippen LogP contribution in [0.2, 0.25) is 0 Å². The first kappa shape index (κ1) is 17.0. The molecule has 2 amide bonds. The maximum absolute atomic E-state index is 12.5. The molecule has 25 heavy (non-hydrogen) atoms. The Kier molecular flexibility index (Phi) is 4.76. The highest BCUT2D eigenvalue weighted by atomic mass is 32.2. The van der Waals surface area contributed by atoms with E-state index in [1.807, 2.05) is 31.2 Å². The molecule has 2 aromatic carbocycles. The average Bonchev–Trinajstić information content (AvgIpc) is 2.85. The summed E-state index contributed by atoms with van der Waals surface area (Å²) >= 11 is 0.908. The first-order valence-corrected chi connectivity index (χ1v) is 8.47. The minimum absolute atomic E-state index is 0.0126. The number of carboxylic acids is 1. The Hall–Kier alpha value is -2.80. The Morgan fingerprint density at radius 1 is 1.20 bits per heavy atom. The summed E-state index contributed by atoms with van der Waals surface area (Å²) in [5.41, 5.74) is 2.42. The lowest BCUT2D eigenvalue weighted by Gasteiger charge is -2.15. The molecular formula is C18H15N2O4S-. The quantitative estimate of drug-likeness (QED) is 0.882. The summed E-state index contributed by atoms with van der Waals surface area (Å²) < 4.78 is 0. The van der Waals surface area contributed by atoms with Crippen molar-refractivity contribution in [2.24, 2.45) is 0 Å². The number of imide groups is 1. The average molecular weight is 355 g/mol. The van der Waals surface area contributed by atoms with Crippen molar-refractivity contribution in [1.29, 1.82) is 0 Å². The Bertz CT molecular complexity index is 835. The second-order valence-corrected chi connectivity index (χ2v) is 6.74. The number of benzene rings is 2. The molecule has 0 bridgehead atoms. The lowest BCUT2D eigenvalue weighted by molar-refractivity contribution is -0.255. The van der Waals surface area contributed by atoms with Gasteiger partial charge in [0.1, 0.15) is 0 Å². The van der Waals surface area contributed by atoms with E-state index in [9.17, 15) is 19.5 Å². The zero-order chi connectivity index (χ0) is 18.0. The van der Waals surface area contributed by atoms with E-state index in [0.29, 0.717) is 5.56 Å². The second-order valence-electron chi connectivity index (χ2n) is 5.69. The van der Waals surface area contributed by atoms with Gasteiger partial charge in [0.25, 0.3) is 11.1 Å². The van der Waals surface area contributed by atoms with E-state index in [1.165, 1.54) is 12.1 Å². The zero-order valence-electron chi connectivity index (χ0n) is 13.4. The van der Waals surface area contributed by atoms with Crippen LogP contribution in [0.5, 0.6) is 0 Å². The molecule has 1 unspecified atom stereocenters. The van der Waals surface area contributed by atoms with E-state index in [1.54, 1.807) is 12.1 Å². The number of nitrogens with zero attached hydrogens (tertiary/aromatic N) is 1. The predicted octanol–water partition coefficient (Wildman–Crippen LogP) is 1.99. The highest BCUT2D eigenvalue weighted by Crippen LogP contribution is 2.29. The van der Waals surface area contributed by atoms with Gasteiger partial charge in [-0.1, -0.05) is 35.9 Å². The molecule has 3 rings (SSSR count). The number of hydrogen-bond acceptors (Lipinski definition) is 6. The molecule has 2 aromatic rings. The Morgan fingerprint density at radius 2 is 1.92 bits per heavy atom. The first-order chi connectivity index (χ1) is 11.9. The summed E-state index contributed by atoms with van der Waals surface area (Å²) in [6.07, 6.45) is 0. The molecule has 1 fully saturated rings. The van der Waals surface area contributed by atoms with Crippen LogP contribution in [0.15, 0.2) is 48.5 Å². The third-order valence-corrected chi connectivity index (χ3v) is 4.76. The van der Waals surface area contributed by atoms with E-state index in [0.717, 1.165) is 27.9 Å². The molecule has 0 aliphatic carbocycles. The fourth-order valence-electron chi connectivity index (χ4n) is 2.46. The van der Waals surface area contributed by atoms with Crippen LogP contribution in [-0.4, -0.2) is 27.4 Å². The number of carbonyl (C=O) groups excluding carboxylic acids is 3. The molecule has 1 heterocycles. The molecule has 1 aliphatic heterocycles. The number of carbonyl (C=O) groups is 3. The van der Waals surface area contributed by atoms with E-state index in [2.05, 4.69) is 5.32 Å². The lowest BCUT2D eigenvalue weighted by Crippen LogP contribution is -2.34. The lowest BCUT2D eigenvalue weighted by atomic mass is 10.1. The molecule has 1 saturated heterocycles. The van der Waals surface area contributed by atoms with Crippen molar-refractivity contribution in [2.75, 3.05) is 5.32 Å². The smallest absolute Gasteiger partial charge is 0.291 e. The number of rotatable bonds is 5. The third-order valence-electron chi connectivity index (χ3n) is 3.78. The summed E-state index contributed by atoms with van der Waals surface area (Å²) in [6.45, 7) is 1.99. The normalized spacial score (nSPS) is 17.0. The number of aryl methyl sites for hydroxylation is 1. The van der Waals surface area contributed by atoms with Gasteiger partial charge in [-0.15, -0.1) is 0 Å². The van der Waals surface area contributed by atoms with Crippen molar-refractivity contribution in [1.82, 2.24) is 4.90 Å². The van der Waals surface area contributed by atoms with Gasteiger partial charge in [0.2, 0.25) is 0 Å². The highest BCUT2D eigenvalue weighted by molar-refractivity contribution is 8.15. The van der Waals surface area contributed by atoms with Gasteiger partial charge < -0.3 is 15.2 Å². The van der Waals surface area contributed by atoms with Crippen molar-refractivity contribution in [3.05, 3.63) is 65.2 Å². The molecule has 1 aliphatic rings. The molecule has 0 saturated carbocycles. The number of anilines is 1. The number of amides is 2. The van der Waals surface area contributed by atoms with E-state index in [-0.39, 0.29) is 23.3 Å². The number of thioether (sulfide) groups is 1. The minimum atomic E-state index is -1.30. The number of aromatic carboxylic acids is 1. The number of carboxylic acid groups (broad SMARTS) is 1. The van der Waals surface area contributed by atoms with Crippen LogP contribution in [-0.2, 0) is 11.3 Å². The van der Waals surface area contributed by atoms with Gasteiger partial charge in [0.15, 0.2) is 5.37 Å². The van der Waals surface area contributed by atoms with E-state index in [4.69, 9.17) is 0 Å². The van der Waals surface area contributed by atoms with Crippen molar-refractivity contribution < 1.29 is 19.5 Å². The minimum Gasteiger partial charge on any atom is -0.545 e. The van der Waals surface area contributed by atoms with Crippen LogP contribution in [0, 0.1) is 6.92 Å². The number of hydrogen-bond donors (Lipinski definition) is 1. The maximum Gasteiger partial charge on any atom is 0.291 e. The third kappa shape index (κ3) is 3.83. The molecular weight excluding hydrogens is 340 g/mol. The summed E-state index contributed by atoms with van der Waals surface area (Å²) in [6, 6.07) is 13.6. The molecule has 1 N–H and O–H groups in total. The maximum atomic E-state index is 12.5. The Labute approximate surface area is 148 Å². The van der Waals surface area contributed by atoms with Crippen LogP contribution in [0.25, 0.3) is 0 Å². The van der Waals surface area contributed by atoms with Crippen LogP contribution in [0.1, 0.15) is 21.5 Å². The van der Waals surface area contributed by atoms with Gasteiger partial charge in [-0.2, -0.15) is 0 Å². The molecule has 1 atom stereocenters. The van der Waals surface area contributed by atoms with Crippen LogP contribution < -0.4 is 10.4 Å². The SMILES string of the molecule is Cc1ccc(NC2SC(=O)N(Cc3cccc(C(=O)[O-])c3)C2=O)cc1. The summed E-state index contributed by atoms with van der Waals surface area (Å²) in [7, 11) is 0. The van der Waals surface area contributed by atoms with E-state index < -0.39 is 11.3 Å². The first-order valence-electron chi connectivity index (χ1n) is 7.59. The molecule has 0 aromatic heterocycles. The van der Waals surface area contributed by atoms with Crippen molar-refractivity contribution in [3.8, 4) is 0 Å². The van der Waals surface area contributed by atoms with Crippen molar-refractivity contribution >= 4 is 34.6 Å². The van der Waals surface area contributed by atoms with Crippen LogP contribution >= 0.6 is 11.8 Å². The second kappa shape index (κ2) is 6.98. The number of nitrogens with one attached hydrogen (secondary N) is 1. The fraction of sp³-hybridized carbons (Fsp3) is 0.167. The summed E-state index contributed by atoms with van der Waals surface area (Å²) in [5, 5.41) is 12.9. The van der Waals surface area contributed by atoms with Crippen LogP contribution in [0.4, 0.5) is 10.5 Å². The largest absolute Gasteiger partial charge is 0.545 e. The standard InChI is InChI=1S/C18H16N2O4S/c1-11-5-7-14(8-6-11)19-15-16(21)20(18(24)25-15)10-12-3-2-4-13(9-12)17(22)23/h2-9,15,19H,10H2,1H3,(H,22,23)/p-1. The summed E-state index contributed by atoms with van der Waals surface area (Å²) in [5.74, 6) is -1.65. The van der Waals surface area contributed by atoms with Gasteiger partial charge in [-0.3, -0.25) is 14.5 Å². The molecule has 0 spiro atoms. The van der Waals surface area contributed by atoms with Crippen molar-refractivity contribution in [2.45, 2.75) is 18.8 Å². The van der Waals surface area contributed by atoms with E-state index >= 15 is 0 Å². The molecule has 7 heteroatoms. The van der Waals surface area contributed by atoms with Gasteiger partial charge in [0, 0.05) is 5.69 Å². The van der Waals surface area contributed by atoms with Crippen molar-refractivity contribution in [3.63, 3.8) is 0 Å². The highest BCUT2D eigenvalue weighted by Gasteiger charge is 2.39. The van der Waals surface area contributed by atoms with Gasteiger partial charge >= 0.3 is 0 Å². The monoisotopic (exact) mass is 355 g/mol. The Morgan fingerprint density at radius 3 is 2.60 bits per heavy atom. The summed E-state index contributed by atoms with van der Waals surface area (Å²) in [4.78, 5) is 36.7. The zero-order valence-corrected chi connectivity index (χ0v) is 14.2. The molecule has 0 radical (unpaired) electrons. The van der Waals surface area contributed by atoms with Gasteiger partial charge in [0.05, 0.1) is 12.5 Å². The predicted molar refractivity (Wildman–Crippen MR) is 92.9 cm³/mol.